The molecule has 1 aromatic carbocycles. The number of phenolic OH excluding ortho intramolecular Hbond substituents is 1. The maximum Gasteiger partial charge on any atom is 0.123 e. The van der Waals surface area contributed by atoms with Crippen molar-refractivity contribution in [3.8, 4) is 5.75 Å². The molecular weight excluding hydrogens is 174 g/mol. The Bertz CT molecular complexity index is 294. The van der Waals surface area contributed by atoms with Crippen molar-refractivity contribution < 1.29 is 5.11 Å². The molecule has 0 saturated carbocycles. The van der Waals surface area contributed by atoms with Crippen molar-refractivity contribution in [1.29, 1.82) is 0 Å². The van der Waals surface area contributed by atoms with Crippen LogP contribution in [-0.4, -0.2) is 24.1 Å². The molecule has 78 valence electrons. The van der Waals surface area contributed by atoms with Gasteiger partial charge in [-0.2, -0.15) is 0 Å². The lowest BCUT2D eigenvalue weighted by Crippen LogP contribution is -2.11. The Labute approximate surface area is 86.2 Å². The first-order valence-electron chi connectivity index (χ1n) is 5.09. The molecule has 0 bridgehead atoms. The normalized spacial score (nSPS) is 10.9. The van der Waals surface area contributed by atoms with E-state index in [2.05, 4.69) is 11.8 Å². The number of hydrogen-bond acceptors (Lipinski definition) is 2. The third-order valence-electron chi connectivity index (χ3n) is 2.21. The van der Waals surface area contributed by atoms with E-state index in [9.17, 15) is 5.11 Å². The van der Waals surface area contributed by atoms with Gasteiger partial charge in [-0.05, 0) is 26.1 Å². The Morgan fingerprint density at radius 3 is 2.43 bits per heavy atom. The monoisotopic (exact) mass is 193 g/mol. The van der Waals surface area contributed by atoms with E-state index >= 15 is 0 Å². The van der Waals surface area contributed by atoms with Crippen molar-refractivity contribution in [2.24, 2.45) is 0 Å². The number of aromatic hydroxyl groups is 1. The third kappa shape index (κ3) is 2.74. The minimum atomic E-state index is 0.475. The van der Waals surface area contributed by atoms with Crippen molar-refractivity contribution in [2.75, 3.05) is 14.1 Å². The predicted octanol–water partition coefficient (Wildman–Crippen LogP) is 2.41. The largest absolute Gasteiger partial charge is 0.507 e. The van der Waals surface area contributed by atoms with E-state index in [1.807, 2.05) is 32.3 Å². The summed E-state index contributed by atoms with van der Waals surface area (Å²) >= 11 is 0. The molecule has 2 nitrogen and oxygen atoms in total. The highest BCUT2D eigenvalue weighted by Crippen LogP contribution is 2.24. The zero-order valence-electron chi connectivity index (χ0n) is 9.25. The van der Waals surface area contributed by atoms with Gasteiger partial charge in [0.1, 0.15) is 5.75 Å². The third-order valence-corrected chi connectivity index (χ3v) is 2.21. The van der Waals surface area contributed by atoms with Crippen LogP contribution in [0.4, 0.5) is 0 Å². The van der Waals surface area contributed by atoms with Crippen molar-refractivity contribution in [1.82, 2.24) is 4.90 Å². The highest BCUT2D eigenvalue weighted by Gasteiger charge is 2.06. The van der Waals surface area contributed by atoms with Crippen LogP contribution in [0.3, 0.4) is 0 Å². The molecule has 0 spiro atoms. The molecule has 0 saturated heterocycles. The second-order valence-electron chi connectivity index (χ2n) is 3.91. The second kappa shape index (κ2) is 5.01. The lowest BCUT2D eigenvalue weighted by atomic mass is 10.0. The van der Waals surface area contributed by atoms with Crippen molar-refractivity contribution in [2.45, 2.75) is 26.3 Å². The molecule has 0 amide bonds. The molecule has 1 aromatic rings. The smallest absolute Gasteiger partial charge is 0.123 e. The predicted molar refractivity (Wildman–Crippen MR) is 59.5 cm³/mol. The molecule has 0 aliphatic rings. The summed E-state index contributed by atoms with van der Waals surface area (Å²) in [6.45, 7) is 2.92. The number of benzene rings is 1. The average Bonchev–Trinajstić information content (AvgIpc) is 2.11. The summed E-state index contributed by atoms with van der Waals surface area (Å²) in [6, 6.07) is 6.00. The number of para-hydroxylation sites is 1. The summed E-state index contributed by atoms with van der Waals surface area (Å²) in [6.07, 6.45) is 2.02. The first-order valence-corrected chi connectivity index (χ1v) is 5.09. The van der Waals surface area contributed by atoms with Gasteiger partial charge in [-0.3, -0.25) is 0 Å². The van der Waals surface area contributed by atoms with Gasteiger partial charge in [-0.15, -0.1) is 0 Å². The Morgan fingerprint density at radius 2 is 1.86 bits per heavy atom. The summed E-state index contributed by atoms with van der Waals surface area (Å²) < 4.78 is 0. The van der Waals surface area contributed by atoms with E-state index in [1.165, 1.54) is 0 Å². The van der Waals surface area contributed by atoms with E-state index in [0.29, 0.717) is 5.75 Å². The molecule has 0 atom stereocenters. The minimum Gasteiger partial charge on any atom is -0.507 e. The number of phenols is 1. The lowest BCUT2D eigenvalue weighted by Gasteiger charge is -2.13. The van der Waals surface area contributed by atoms with Crippen LogP contribution >= 0.6 is 0 Å². The van der Waals surface area contributed by atoms with Gasteiger partial charge in [-0.1, -0.05) is 31.5 Å². The fraction of sp³-hybridized carbons (Fsp3) is 0.500. The van der Waals surface area contributed by atoms with Gasteiger partial charge in [-0.25, -0.2) is 0 Å². The van der Waals surface area contributed by atoms with E-state index in [1.54, 1.807) is 0 Å². The van der Waals surface area contributed by atoms with Crippen molar-refractivity contribution >= 4 is 0 Å². The van der Waals surface area contributed by atoms with Crippen molar-refractivity contribution in [3.63, 3.8) is 0 Å². The number of rotatable bonds is 4. The molecule has 1 N–H and O–H groups in total. The van der Waals surface area contributed by atoms with Gasteiger partial charge in [0, 0.05) is 12.1 Å². The molecule has 0 fully saturated rings. The van der Waals surface area contributed by atoms with Gasteiger partial charge in [0.25, 0.3) is 0 Å². The van der Waals surface area contributed by atoms with Gasteiger partial charge in [0.2, 0.25) is 0 Å². The summed E-state index contributed by atoms with van der Waals surface area (Å²) in [5.41, 5.74) is 2.08. The molecule has 0 heterocycles. The molecule has 0 aliphatic carbocycles. The van der Waals surface area contributed by atoms with Gasteiger partial charge in [0.05, 0.1) is 0 Å². The van der Waals surface area contributed by atoms with Gasteiger partial charge in [0.15, 0.2) is 0 Å². The second-order valence-corrected chi connectivity index (χ2v) is 3.91. The first kappa shape index (κ1) is 11.1. The van der Waals surface area contributed by atoms with Gasteiger partial charge < -0.3 is 10.0 Å². The molecule has 0 radical (unpaired) electrons. The first-order chi connectivity index (χ1) is 6.65. The molecule has 0 aliphatic heterocycles. The van der Waals surface area contributed by atoms with Crippen LogP contribution in [0.25, 0.3) is 0 Å². The maximum atomic E-state index is 9.94. The zero-order valence-corrected chi connectivity index (χ0v) is 9.25. The van der Waals surface area contributed by atoms with Crippen LogP contribution in [0, 0.1) is 0 Å². The fourth-order valence-electron chi connectivity index (χ4n) is 1.58. The molecule has 14 heavy (non-hydrogen) atoms. The quantitative estimate of drug-likeness (QED) is 0.793. The van der Waals surface area contributed by atoms with Crippen molar-refractivity contribution in [3.05, 3.63) is 29.3 Å². The van der Waals surface area contributed by atoms with E-state index in [4.69, 9.17) is 0 Å². The summed E-state index contributed by atoms with van der Waals surface area (Å²) in [5, 5.41) is 9.94. The molecule has 2 heteroatoms. The Hall–Kier alpha value is -1.02. The maximum absolute atomic E-state index is 9.94. The SMILES string of the molecule is CCCc1cccc(CN(C)C)c1O. The van der Waals surface area contributed by atoms with E-state index < -0.39 is 0 Å². The van der Waals surface area contributed by atoms with Crippen LogP contribution in [0.1, 0.15) is 24.5 Å². The Morgan fingerprint density at radius 1 is 1.21 bits per heavy atom. The standard InChI is InChI=1S/C12H19NO/c1-4-6-10-7-5-8-11(12(10)14)9-13(2)3/h5,7-8,14H,4,6,9H2,1-3H3. The molecule has 0 aromatic heterocycles. The van der Waals surface area contributed by atoms with Crippen LogP contribution in [0.2, 0.25) is 0 Å². The highest BCUT2D eigenvalue weighted by atomic mass is 16.3. The van der Waals surface area contributed by atoms with Gasteiger partial charge >= 0.3 is 0 Å². The topological polar surface area (TPSA) is 23.5 Å². The number of hydrogen-bond donors (Lipinski definition) is 1. The summed E-state index contributed by atoms with van der Waals surface area (Å²) in [7, 11) is 4.01. The zero-order chi connectivity index (χ0) is 10.6. The number of aryl methyl sites for hydroxylation is 1. The lowest BCUT2D eigenvalue weighted by molar-refractivity contribution is 0.384. The molecule has 0 unspecified atom stereocenters. The Kier molecular flexibility index (Phi) is 3.96. The Balaban J connectivity index is 2.89. The molecule has 1 rings (SSSR count). The van der Waals surface area contributed by atoms with Crippen LogP contribution < -0.4 is 0 Å². The summed E-state index contributed by atoms with van der Waals surface area (Å²) in [4.78, 5) is 2.06. The van der Waals surface area contributed by atoms with E-state index in [-0.39, 0.29) is 0 Å². The molecular formula is C12H19NO. The number of nitrogens with zero attached hydrogens (tertiary/aromatic N) is 1. The minimum absolute atomic E-state index is 0.475. The highest BCUT2D eigenvalue weighted by molar-refractivity contribution is 5.40. The van der Waals surface area contributed by atoms with Crippen LogP contribution in [0.15, 0.2) is 18.2 Å². The fourth-order valence-corrected chi connectivity index (χ4v) is 1.58. The van der Waals surface area contributed by atoms with E-state index in [0.717, 1.165) is 30.5 Å². The van der Waals surface area contributed by atoms with Crippen LogP contribution in [-0.2, 0) is 13.0 Å². The van der Waals surface area contributed by atoms with Crippen LogP contribution in [0.5, 0.6) is 5.75 Å². The average molecular weight is 193 g/mol. The summed E-state index contributed by atoms with van der Waals surface area (Å²) in [5.74, 6) is 0.475.